The zero-order valence-electron chi connectivity index (χ0n) is 15.0. The standard InChI is InChI=1S/C18H16FN5O3S/c1-10(27-28(2,25)26)16-7-17(20)24-18(23-16)14(9-22-24)12-5-11-6-13(19)3-4-15(11)21-8-12/h3-10H,20H2,1-2H3. The highest BCUT2D eigenvalue weighted by Crippen LogP contribution is 2.29. The van der Waals surface area contributed by atoms with Gasteiger partial charge in [0, 0.05) is 28.8 Å². The Hall–Kier alpha value is -3.11. The number of fused-ring (bicyclic) bond motifs is 2. The summed E-state index contributed by atoms with van der Waals surface area (Å²) in [4.78, 5) is 8.83. The number of hydrogen-bond donors (Lipinski definition) is 1. The van der Waals surface area contributed by atoms with Crippen LogP contribution < -0.4 is 5.73 Å². The number of hydrogen-bond acceptors (Lipinski definition) is 7. The highest BCUT2D eigenvalue weighted by molar-refractivity contribution is 7.86. The lowest BCUT2D eigenvalue weighted by Crippen LogP contribution is -2.11. The summed E-state index contributed by atoms with van der Waals surface area (Å²) in [5.41, 5.74) is 8.76. The van der Waals surface area contributed by atoms with Gasteiger partial charge >= 0.3 is 0 Å². The van der Waals surface area contributed by atoms with Crippen molar-refractivity contribution < 1.29 is 17.0 Å². The molecule has 8 nitrogen and oxygen atoms in total. The normalized spacial score (nSPS) is 13.2. The molecule has 4 aromatic rings. The van der Waals surface area contributed by atoms with E-state index < -0.39 is 16.2 Å². The van der Waals surface area contributed by atoms with E-state index in [2.05, 4.69) is 15.1 Å². The Balaban J connectivity index is 1.86. The van der Waals surface area contributed by atoms with Gasteiger partial charge in [0.2, 0.25) is 0 Å². The van der Waals surface area contributed by atoms with Crippen LogP contribution in [0.1, 0.15) is 18.7 Å². The van der Waals surface area contributed by atoms with E-state index in [4.69, 9.17) is 9.92 Å². The van der Waals surface area contributed by atoms with Crippen LogP contribution >= 0.6 is 0 Å². The average Bonchev–Trinajstić information content (AvgIpc) is 3.04. The van der Waals surface area contributed by atoms with Crippen LogP contribution in [0.3, 0.4) is 0 Å². The maximum absolute atomic E-state index is 13.6. The fraction of sp³-hybridized carbons (Fsp3) is 0.167. The molecule has 0 spiro atoms. The van der Waals surface area contributed by atoms with Gasteiger partial charge in [0.25, 0.3) is 10.1 Å². The van der Waals surface area contributed by atoms with Gasteiger partial charge in [-0.15, -0.1) is 0 Å². The van der Waals surface area contributed by atoms with Crippen molar-refractivity contribution >= 4 is 32.5 Å². The lowest BCUT2D eigenvalue weighted by atomic mass is 10.1. The van der Waals surface area contributed by atoms with Crippen LogP contribution in [0.15, 0.2) is 42.7 Å². The van der Waals surface area contributed by atoms with Gasteiger partial charge < -0.3 is 5.73 Å². The van der Waals surface area contributed by atoms with Crippen molar-refractivity contribution in [1.29, 1.82) is 0 Å². The fourth-order valence-corrected chi connectivity index (χ4v) is 3.60. The molecule has 4 rings (SSSR count). The van der Waals surface area contributed by atoms with Gasteiger partial charge in [-0.25, -0.2) is 9.37 Å². The molecule has 0 aliphatic rings. The highest BCUT2D eigenvalue weighted by Gasteiger charge is 2.18. The molecule has 0 amide bonds. The van der Waals surface area contributed by atoms with E-state index >= 15 is 0 Å². The molecular formula is C18H16FN5O3S. The number of aromatic nitrogens is 4. The van der Waals surface area contributed by atoms with Gasteiger partial charge in [0.1, 0.15) is 17.7 Å². The van der Waals surface area contributed by atoms with Crippen LogP contribution in [0.25, 0.3) is 27.7 Å². The molecule has 3 aromatic heterocycles. The largest absolute Gasteiger partial charge is 0.384 e. The average molecular weight is 401 g/mol. The van der Waals surface area contributed by atoms with E-state index in [1.165, 1.54) is 22.7 Å². The molecule has 0 aliphatic carbocycles. The van der Waals surface area contributed by atoms with Crippen LogP contribution in [0.2, 0.25) is 0 Å². The predicted molar refractivity (Wildman–Crippen MR) is 102 cm³/mol. The molecule has 1 atom stereocenters. The second-order valence-electron chi connectivity index (χ2n) is 6.40. The summed E-state index contributed by atoms with van der Waals surface area (Å²) < 4.78 is 42.8. The van der Waals surface area contributed by atoms with Gasteiger partial charge in [-0.3, -0.25) is 9.17 Å². The second kappa shape index (κ2) is 6.50. The number of nitrogens with two attached hydrogens (primary N) is 1. The summed E-state index contributed by atoms with van der Waals surface area (Å²) in [5, 5.41) is 4.87. The van der Waals surface area contributed by atoms with Gasteiger partial charge in [0.05, 0.1) is 23.7 Å². The van der Waals surface area contributed by atoms with Gasteiger partial charge in [-0.05, 0) is 31.2 Å². The van der Waals surface area contributed by atoms with Crippen LogP contribution in [0.4, 0.5) is 10.2 Å². The maximum Gasteiger partial charge on any atom is 0.265 e. The third kappa shape index (κ3) is 3.39. The first-order valence-corrected chi connectivity index (χ1v) is 10.1. The molecule has 0 radical (unpaired) electrons. The number of pyridine rings is 1. The lowest BCUT2D eigenvalue weighted by Gasteiger charge is -2.12. The Morgan fingerprint density at radius 2 is 2.00 bits per heavy atom. The van der Waals surface area contributed by atoms with E-state index in [-0.39, 0.29) is 11.6 Å². The summed E-state index contributed by atoms with van der Waals surface area (Å²) in [7, 11) is -3.66. The Labute approximate surface area is 159 Å². The number of nitrogen functional groups attached to an aromatic ring is 1. The Morgan fingerprint density at radius 1 is 1.21 bits per heavy atom. The summed E-state index contributed by atoms with van der Waals surface area (Å²) in [6, 6.07) is 7.63. The first-order chi connectivity index (χ1) is 13.2. The zero-order chi connectivity index (χ0) is 20.1. The molecule has 3 heterocycles. The number of anilines is 1. The smallest absolute Gasteiger partial charge is 0.265 e. The van der Waals surface area contributed by atoms with Crippen molar-refractivity contribution in [2.75, 3.05) is 12.0 Å². The molecule has 10 heteroatoms. The van der Waals surface area contributed by atoms with Crippen LogP contribution in [-0.2, 0) is 14.3 Å². The molecule has 2 N–H and O–H groups in total. The molecule has 0 fully saturated rings. The minimum atomic E-state index is -3.66. The second-order valence-corrected chi connectivity index (χ2v) is 8.00. The van der Waals surface area contributed by atoms with Crippen LogP contribution in [0.5, 0.6) is 0 Å². The molecule has 0 saturated carbocycles. The topological polar surface area (TPSA) is 112 Å². The zero-order valence-corrected chi connectivity index (χ0v) is 15.8. The van der Waals surface area contributed by atoms with Crippen molar-refractivity contribution in [3.05, 3.63) is 54.2 Å². The molecule has 28 heavy (non-hydrogen) atoms. The van der Waals surface area contributed by atoms with Crippen molar-refractivity contribution in [1.82, 2.24) is 19.6 Å². The van der Waals surface area contributed by atoms with Gasteiger partial charge in [0.15, 0.2) is 5.65 Å². The van der Waals surface area contributed by atoms with Crippen molar-refractivity contribution in [3.8, 4) is 11.1 Å². The monoisotopic (exact) mass is 401 g/mol. The van der Waals surface area contributed by atoms with E-state index in [1.807, 2.05) is 0 Å². The van der Waals surface area contributed by atoms with Crippen molar-refractivity contribution in [3.63, 3.8) is 0 Å². The maximum atomic E-state index is 13.6. The fourth-order valence-electron chi connectivity index (χ4n) is 2.98. The molecular weight excluding hydrogens is 385 g/mol. The molecule has 1 unspecified atom stereocenters. The summed E-state index contributed by atoms with van der Waals surface area (Å²) in [5.74, 6) is -0.0855. The van der Waals surface area contributed by atoms with Crippen LogP contribution in [0, 0.1) is 5.82 Å². The molecule has 1 aromatic carbocycles. The minimum absolute atomic E-state index is 0.273. The molecule has 0 saturated heterocycles. The van der Waals surface area contributed by atoms with Crippen molar-refractivity contribution in [2.24, 2.45) is 0 Å². The first-order valence-electron chi connectivity index (χ1n) is 8.29. The van der Waals surface area contributed by atoms with Crippen LogP contribution in [-0.4, -0.2) is 34.3 Å². The minimum Gasteiger partial charge on any atom is -0.384 e. The van der Waals surface area contributed by atoms with E-state index in [9.17, 15) is 12.8 Å². The number of benzene rings is 1. The summed E-state index contributed by atoms with van der Waals surface area (Å²) in [6.45, 7) is 1.57. The molecule has 144 valence electrons. The first kappa shape index (κ1) is 18.3. The quantitative estimate of drug-likeness (QED) is 0.523. The van der Waals surface area contributed by atoms with Gasteiger partial charge in [-0.2, -0.15) is 18.0 Å². The van der Waals surface area contributed by atoms with Crippen molar-refractivity contribution in [2.45, 2.75) is 13.0 Å². The highest BCUT2D eigenvalue weighted by atomic mass is 32.2. The van der Waals surface area contributed by atoms with E-state index in [1.54, 1.807) is 31.5 Å². The summed E-state index contributed by atoms with van der Waals surface area (Å²) in [6.07, 6.45) is 3.36. The predicted octanol–water partition coefficient (Wildman–Crippen LogP) is 2.70. The Bertz CT molecular complexity index is 1320. The molecule has 0 aliphatic heterocycles. The third-order valence-electron chi connectivity index (χ3n) is 4.21. The lowest BCUT2D eigenvalue weighted by molar-refractivity contribution is 0.232. The van der Waals surface area contributed by atoms with Gasteiger partial charge in [-0.1, -0.05) is 0 Å². The van der Waals surface area contributed by atoms with E-state index in [0.717, 1.165) is 6.26 Å². The number of nitrogens with zero attached hydrogens (tertiary/aromatic N) is 4. The molecule has 0 bridgehead atoms. The third-order valence-corrected chi connectivity index (χ3v) is 4.85. The number of halogens is 1. The number of rotatable bonds is 4. The Kier molecular flexibility index (Phi) is 4.24. The Morgan fingerprint density at radius 3 is 2.75 bits per heavy atom. The van der Waals surface area contributed by atoms with E-state index in [0.29, 0.717) is 33.4 Å². The summed E-state index contributed by atoms with van der Waals surface area (Å²) >= 11 is 0. The SMILES string of the molecule is CC(OS(C)(=O)=O)c1cc(N)n2ncc(-c3cnc4ccc(F)cc4c3)c2n1.